The first kappa shape index (κ1) is 23.7. The van der Waals surface area contributed by atoms with Gasteiger partial charge in [0, 0.05) is 38.0 Å². The van der Waals surface area contributed by atoms with E-state index in [0.717, 1.165) is 23.3 Å². The molecule has 1 aliphatic rings. The molecule has 5 nitrogen and oxygen atoms in total. The number of halogens is 4. The summed E-state index contributed by atoms with van der Waals surface area (Å²) >= 11 is 7.29. The summed E-state index contributed by atoms with van der Waals surface area (Å²) in [7, 11) is -4.22. The van der Waals surface area contributed by atoms with Gasteiger partial charge in [-0.3, -0.25) is 0 Å². The fourth-order valence-electron chi connectivity index (χ4n) is 3.58. The first-order chi connectivity index (χ1) is 15.2. The molecule has 1 aromatic heterocycles. The number of aromatic nitrogens is 1. The van der Waals surface area contributed by atoms with Crippen LogP contribution in [0.25, 0.3) is 0 Å². The van der Waals surface area contributed by atoms with Crippen LogP contribution in [0.5, 0.6) is 0 Å². The van der Waals surface area contributed by atoms with Gasteiger partial charge in [0.2, 0.25) is 10.0 Å². The molecule has 1 fully saturated rings. The second-order valence-corrected chi connectivity index (χ2v) is 11.8. The maximum absolute atomic E-state index is 14.6. The largest absolute Gasteiger partial charge is 0.345 e. The molecule has 0 N–H and O–H groups in total. The van der Waals surface area contributed by atoms with E-state index in [4.69, 9.17) is 4.98 Å². The van der Waals surface area contributed by atoms with Crippen LogP contribution in [-0.4, -0.2) is 43.9 Å². The van der Waals surface area contributed by atoms with E-state index in [1.54, 1.807) is 0 Å². The number of thiazole rings is 1. The third kappa shape index (κ3) is 4.77. The predicted molar refractivity (Wildman–Crippen MR) is 129 cm³/mol. The maximum atomic E-state index is 14.6. The van der Waals surface area contributed by atoms with Gasteiger partial charge in [-0.2, -0.15) is 4.31 Å². The minimum atomic E-state index is -4.22. The molecule has 2 aromatic carbocycles. The van der Waals surface area contributed by atoms with Gasteiger partial charge < -0.3 is 4.90 Å². The minimum absolute atomic E-state index is 0.148. The summed E-state index contributed by atoms with van der Waals surface area (Å²) in [5, 5.41) is 2.84. The quantitative estimate of drug-likeness (QED) is 0.367. The van der Waals surface area contributed by atoms with Crippen molar-refractivity contribution in [3.63, 3.8) is 0 Å². The molecule has 32 heavy (non-hydrogen) atoms. The van der Waals surface area contributed by atoms with Gasteiger partial charge in [0.15, 0.2) is 10.9 Å². The van der Waals surface area contributed by atoms with Crippen molar-refractivity contribution in [2.24, 2.45) is 0 Å². The van der Waals surface area contributed by atoms with Crippen molar-refractivity contribution in [2.45, 2.75) is 18.2 Å². The molecule has 0 unspecified atom stereocenters. The van der Waals surface area contributed by atoms with Crippen molar-refractivity contribution in [1.82, 2.24) is 9.29 Å². The van der Waals surface area contributed by atoms with Crippen LogP contribution < -0.4 is 4.90 Å². The Bertz CT molecular complexity index is 1230. The third-order valence-corrected chi connectivity index (χ3v) is 9.70. The highest BCUT2D eigenvalue weighted by molar-refractivity contribution is 9.11. The maximum Gasteiger partial charge on any atom is 0.247 e. The van der Waals surface area contributed by atoms with Gasteiger partial charge in [-0.15, -0.1) is 11.3 Å². The van der Waals surface area contributed by atoms with Crippen molar-refractivity contribution in [3.05, 3.63) is 73.1 Å². The molecule has 170 valence electrons. The first-order valence-corrected chi connectivity index (χ1v) is 13.7. The molecule has 0 bridgehead atoms. The lowest BCUT2D eigenvalue weighted by atomic mass is 10.1. The van der Waals surface area contributed by atoms with Crippen molar-refractivity contribution >= 4 is 58.4 Å². The molecule has 1 saturated heterocycles. The highest BCUT2D eigenvalue weighted by Crippen LogP contribution is 2.35. The Kier molecular flexibility index (Phi) is 7.02. The van der Waals surface area contributed by atoms with Crippen LogP contribution in [0.1, 0.15) is 16.8 Å². The van der Waals surface area contributed by atoms with Crippen molar-refractivity contribution < 1.29 is 17.2 Å². The molecule has 0 spiro atoms. The molecule has 0 aliphatic carbocycles. The first-order valence-electron chi connectivity index (χ1n) is 9.75. The van der Waals surface area contributed by atoms with Crippen LogP contribution in [0.4, 0.5) is 13.9 Å². The van der Waals surface area contributed by atoms with E-state index in [9.17, 15) is 17.2 Å². The smallest absolute Gasteiger partial charge is 0.247 e. The number of anilines is 1. The van der Waals surface area contributed by atoms with Crippen LogP contribution >= 0.6 is 43.2 Å². The Morgan fingerprint density at radius 2 is 1.84 bits per heavy atom. The van der Waals surface area contributed by atoms with E-state index in [0.29, 0.717) is 13.1 Å². The average molecular weight is 607 g/mol. The number of hydrogen-bond donors (Lipinski definition) is 0. The van der Waals surface area contributed by atoms with Crippen LogP contribution in [-0.2, 0) is 16.4 Å². The van der Waals surface area contributed by atoms with Crippen LogP contribution in [0, 0.1) is 18.6 Å². The molecule has 0 atom stereocenters. The lowest BCUT2D eigenvalue weighted by molar-refractivity contribution is 0.381. The summed E-state index contributed by atoms with van der Waals surface area (Å²) in [4.78, 5) is 6.04. The summed E-state index contributed by atoms with van der Waals surface area (Å²) in [5.41, 5.74) is 3.34. The molecule has 1 aliphatic heterocycles. The molecule has 0 saturated carbocycles. The van der Waals surface area contributed by atoms with E-state index in [2.05, 4.69) is 57.0 Å². The molecular weight excluding hydrogens is 588 g/mol. The number of benzene rings is 2. The zero-order valence-corrected chi connectivity index (χ0v) is 21.8. The Labute approximate surface area is 206 Å². The summed E-state index contributed by atoms with van der Waals surface area (Å²) in [6.45, 7) is 3.17. The molecule has 3 aromatic rings. The molecule has 2 heterocycles. The normalized spacial score (nSPS) is 15.3. The summed E-state index contributed by atoms with van der Waals surface area (Å²) < 4.78 is 55.3. The summed E-state index contributed by atoms with van der Waals surface area (Å²) in [5.74, 6) is -1.86. The second-order valence-electron chi connectivity index (χ2n) is 7.48. The third-order valence-electron chi connectivity index (χ3n) is 5.19. The van der Waals surface area contributed by atoms with Gasteiger partial charge >= 0.3 is 0 Å². The number of nitrogens with zero attached hydrogens (tertiary/aromatic N) is 3. The van der Waals surface area contributed by atoms with Crippen LogP contribution in [0.15, 0.2) is 49.6 Å². The van der Waals surface area contributed by atoms with E-state index in [-0.39, 0.29) is 17.6 Å². The van der Waals surface area contributed by atoms with Gasteiger partial charge in [-0.1, -0.05) is 29.8 Å². The number of hydrogen-bond acceptors (Lipinski definition) is 5. The standard InChI is InChI=1S/C21H19Br2F2N3O2S2/c1-13-3-2-4-14(9-13)10-15-12-31-21(26-15)27-5-7-28(8-6-27)32(29,30)20-18(23)17(24)11-16(22)19(20)25/h2-4,9,11-12H,5-8,10H2,1H3. The summed E-state index contributed by atoms with van der Waals surface area (Å²) in [6.07, 6.45) is 0.730. The van der Waals surface area contributed by atoms with Crippen molar-refractivity contribution in [3.8, 4) is 0 Å². The number of piperazine rings is 1. The lowest BCUT2D eigenvalue weighted by Gasteiger charge is -2.34. The molecular formula is C21H19Br2F2N3O2S2. The zero-order valence-electron chi connectivity index (χ0n) is 17.0. The Morgan fingerprint density at radius 3 is 2.53 bits per heavy atom. The highest BCUT2D eigenvalue weighted by Gasteiger charge is 2.35. The lowest BCUT2D eigenvalue weighted by Crippen LogP contribution is -2.49. The zero-order chi connectivity index (χ0) is 23.0. The van der Waals surface area contributed by atoms with Gasteiger partial charge in [0.05, 0.1) is 14.6 Å². The van der Waals surface area contributed by atoms with Gasteiger partial charge in [0.25, 0.3) is 0 Å². The Hall–Kier alpha value is -1.40. The highest BCUT2D eigenvalue weighted by atomic mass is 79.9. The Balaban J connectivity index is 1.46. The van der Waals surface area contributed by atoms with E-state index < -0.39 is 31.0 Å². The fourth-order valence-corrected chi connectivity index (χ4v) is 7.45. The van der Waals surface area contributed by atoms with Crippen molar-refractivity contribution in [1.29, 1.82) is 0 Å². The number of aryl methyl sites for hydroxylation is 1. The molecule has 0 amide bonds. The summed E-state index contributed by atoms with van der Waals surface area (Å²) in [6, 6.07) is 9.17. The van der Waals surface area contributed by atoms with Crippen molar-refractivity contribution in [2.75, 3.05) is 31.1 Å². The second kappa shape index (κ2) is 9.46. The van der Waals surface area contributed by atoms with Crippen LogP contribution in [0.3, 0.4) is 0 Å². The van der Waals surface area contributed by atoms with Crippen LogP contribution in [0.2, 0.25) is 0 Å². The predicted octanol–water partition coefficient (Wildman–Crippen LogP) is 5.36. The topological polar surface area (TPSA) is 53.5 Å². The molecule has 4 rings (SSSR count). The van der Waals surface area contributed by atoms with E-state index in [1.807, 2.05) is 16.3 Å². The number of sulfonamides is 1. The number of rotatable bonds is 5. The molecule has 0 radical (unpaired) electrons. The fraction of sp³-hybridized carbons (Fsp3) is 0.286. The Morgan fingerprint density at radius 1 is 1.12 bits per heavy atom. The van der Waals surface area contributed by atoms with Gasteiger partial charge in [0.1, 0.15) is 10.7 Å². The van der Waals surface area contributed by atoms with Gasteiger partial charge in [-0.05, 0) is 50.4 Å². The average Bonchev–Trinajstić information content (AvgIpc) is 3.21. The minimum Gasteiger partial charge on any atom is -0.345 e. The monoisotopic (exact) mass is 605 g/mol. The molecule has 11 heteroatoms. The van der Waals surface area contributed by atoms with E-state index in [1.165, 1.54) is 26.8 Å². The van der Waals surface area contributed by atoms with E-state index >= 15 is 0 Å². The SMILES string of the molecule is Cc1cccc(Cc2csc(N3CCN(S(=O)(=O)c4c(F)c(Br)cc(F)c4Br)CC3)n2)c1. The van der Waals surface area contributed by atoms with Gasteiger partial charge in [-0.25, -0.2) is 22.2 Å².